The second-order valence-corrected chi connectivity index (χ2v) is 5.88. The molecule has 4 atom stereocenters. The normalized spacial score (nSPS) is 44.2. The molecule has 0 radical (unpaired) electrons. The van der Waals surface area contributed by atoms with Gasteiger partial charge in [0.2, 0.25) is 0 Å². The third kappa shape index (κ3) is 2.73. The van der Waals surface area contributed by atoms with Gasteiger partial charge in [-0.3, -0.25) is 4.90 Å². The Hall–Kier alpha value is -0.0800. The van der Waals surface area contributed by atoms with Gasteiger partial charge in [0.05, 0.1) is 0 Å². The van der Waals surface area contributed by atoms with Crippen LogP contribution in [-0.4, -0.2) is 36.6 Å². The number of piperidine rings is 2. The summed E-state index contributed by atoms with van der Waals surface area (Å²) >= 11 is 0. The quantitative estimate of drug-likeness (QED) is 0.713. The molecular formula is C13H26N2. The predicted octanol–water partition coefficient (Wildman–Crippen LogP) is 2.10. The SMILES string of the molecule is CC1CNCC(N2CC(C)CCC2C)C1. The van der Waals surface area contributed by atoms with E-state index in [9.17, 15) is 0 Å². The van der Waals surface area contributed by atoms with Gasteiger partial charge < -0.3 is 5.32 Å². The predicted molar refractivity (Wildman–Crippen MR) is 65.0 cm³/mol. The highest BCUT2D eigenvalue weighted by Gasteiger charge is 2.31. The number of hydrogen-bond donors (Lipinski definition) is 1. The smallest absolute Gasteiger partial charge is 0.0226 e. The summed E-state index contributed by atoms with van der Waals surface area (Å²) in [7, 11) is 0. The lowest BCUT2D eigenvalue weighted by Gasteiger charge is -2.44. The van der Waals surface area contributed by atoms with Crippen molar-refractivity contribution in [3.63, 3.8) is 0 Å². The van der Waals surface area contributed by atoms with E-state index in [1.54, 1.807) is 0 Å². The fourth-order valence-electron chi connectivity index (χ4n) is 3.21. The average Bonchev–Trinajstić information content (AvgIpc) is 2.22. The first-order valence-corrected chi connectivity index (χ1v) is 6.63. The van der Waals surface area contributed by atoms with Gasteiger partial charge in [-0.05, 0) is 44.6 Å². The van der Waals surface area contributed by atoms with E-state index in [2.05, 4.69) is 31.0 Å². The van der Waals surface area contributed by atoms with Crippen LogP contribution in [0, 0.1) is 11.8 Å². The van der Waals surface area contributed by atoms with Crippen molar-refractivity contribution in [2.24, 2.45) is 11.8 Å². The van der Waals surface area contributed by atoms with Gasteiger partial charge in [0.15, 0.2) is 0 Å². The molecule has 2 rings (SSSR count). The first-order valence-electron chi connectivity index (χ1n) is 6.63. The third-order valence-electron chi connectivity index (χ3n) is 4.18. The zero-order chi connectivity index (χ0) is 10.8. The Morgan fingerprint density at radius 2 is 1.80 bits per heavy atom. The van der Waals surface area contributed by atoms with Crippen molar-refractivity contribution in [3.05, 3.63) is 0 Å². The van der Waals surface area contributed by atoms with Crippen LogP contribution in [0.25, 0.3) is 0 Å². The van der Waals surface area contributed by atoms with E-state index in [0.29, 0.717) is 0 Å². The van der Waals surface area contributed by atoms with E-state index in [4.69, 9.17) is 0 Å². The molecule has 0 amide bonds. The molecule has 0 aromatic carbocycles. The van der Waals surface area contributed by atoms with Gasteiger partial charge in [0.1, 0.15) is 0 Å². The van der Waals surface area contributed by atoms with Crippen molar-refractivity contribution in [3.8, 4) is 0 Å². The van der Waals surface area contributed by atoms with Crippen molar-refractivity contribution < 1.29 is 0 Å². The lowest BCUT2D eigenvalue weighted by molar-refractivity contribution is 0.0546. The van der Waals surface area contributed by atoms with Crippen molar-refractivity contribution in [1.29, 1.82) is 0 Å². The van der Waals surface area contributed by atoms with Gasteiger partial charge in [-0.2, -0.15) is 0 Å². The minimum Gasteiger partial charge on any atom is -0.315 e. The minimum atomic E-state index is 0.798. The number of nitrogens with one attached hydrogen (secondary N) is 1. The Bertz CT molecular complexity index is 205. The van der Waals surface area contributed by atoms with Crippen molar-refractivity contribution in [1.82, 2.24) is 10.2 Å². The summed E-state index contributed by atoms with van der Waals surface area (Å²) in [5.74, 6) is 1.76. The fourth-order valence-corrected chi connectivity index (χ4v) is 3.21. The van der Waals surface area contributed by atoms with Crippen LogP contribution in [-0.2, 0) is 0 Å². The van der Waals surface area contributed by atoms with Crippen LogP contribution in [0.1, 0.15) is 40.0 Å². The second-order valence-electron chi connectivity index (χ2n) is 5.88. The van der Waals surface area contributed by atoms with Crippen molar-refractivity contribution in [2.45, 2.75) is 52.1 Å². The van der Waals surface area contributed by atoms with E-state index < -0.39 is 0 Å². The maximum absolute atomic E-state index is 3.58. The lowest BCUT2D eigenvalue weighted by Crippen LogP contribution is -2.54. The van der Waals surface area contributed by atoms with Gasteiger partial charge in [0.25, 0.3) is 0 Å². The Morgan fingerprint density at radius 3 is 2.53 bits per heavy atom. The molecule has 2 nitrogen and oxygen atoms in total. The summed E-state index contributed by atoms with van der Waals surface area (Å²) in [4.78, 5) is 2.76. The van der Waals surface area contributed by atoms with Crippen LogP contribution < -0.4 is 5.32 Å². The van der Waals surface area contributed by atoms with Gasteiger partial charge >= 0.3 is 0 Å². The maximum atomic E-state index is 3.58. The summed E-state index contributed by atoms with van der Waals surface area (Å²) < 4.78 is 0. The highest BCUT2D eigenvalue weighted by Crippen LogP contribution is 2.26. The molecular weight excluding hydrogens is 184 g/mol. The molecule has 2 aliphatic rings. The Morgan fingerprint density at radius 1 is 1.00 bits per heavy atom. The lowest BCUT2D eigenvalue weighted by atomic mass is 9.89. The molecule has 2 fully saturated rings. The summed E-state index contributed by atoms with van der Waals surface area (Å²) in [5.41, 5.74) is 0. The topological polar surface area (TPSA) is 15.3 Å². The monoisotopic (exact) mass is 210 g/mol. The molecule has 1 N–H and O–H groups in total. The molecule has 88 valence electrons. The number of hydrogen-bond acceptors (Lipinski definition) is 2. The molecule has 2 heterocycles. The van der Waals surface area contributed by atoms with Gasteiger partial charge in [-0.1, -0.05) is 13.8 Å². The number of rotatable bonds is 1. The van der Waals surface area contributed by atoms with Crippen LogP contribution in [0.4, 0.5) is 0 Å². The van der Waals surface area contributed by atoms with E-state index in [0.717, 1.165) is 23.9 Å². The molecule has 0 saturated carbocycles. The molecule has 0 aromatic rings. The van der Waals surface area contributed by atoms with Crippen LogP contribution in [0.5, 0.6) is 0 Å². The van der Waals surface area contributed by atoms with Crippen molar-refractivity contribution >= 4 is 0 Å². The molecule has 0 aromatic heterocycles. The molecule has 0 bridgehead atoms. The summed E-state index contributed by atoms with van der Waals surface area (Å²) in [5, 5.41) is 3.58. The van der Waals surface area contributed by atoms with Crippen molar-refractivity contribution in [2.75, 3.05) is 19.6 Å². The van der Waals surface area contributed by atoms with Gasteiger partial charge in [-0.15, -0.1) is 0 Å². The largest absolute Gasteiger partial charge is 0.315 e. The van der Waals surface area contributed by atoms with Crippen LogP contribution in [0.3, 0.4) is 0 Å². The highest BCUT2D eigenvalue weighted by atomic mass is 15.2. The first kappa shape index (κ1) is 11.4. The van der Waals surface area contributed by atoms with Gasteiger partial charge in [-0.25, -0.2) is 0 Å². The Kier molecular flexibility index (Phi) is 3.68. The second kappa shape index (κ2) is 4.84. The van der Waals surface area contributed by atoms with E-state index >= 15 is 0 Å². The standard InChI is InChI=1S/C13H26N2/c1-10-4-5-12(3)15(9-10)13-6-11(2)7-14-8-13/h10-14H,4-9H2,1-3H3. The third-order valence-corrected chi connectivity index (χ3v) is 4.18. The molecule has 15 heavy (non-hydrogen) atoms. The summed E-state index contributed by atoms with van der Waals surface area (Å²) in [6, 6.07) is 1.60. The minimum absolute atomic E-state index is 0.798. The molecule has 4 unspecified atom stereocenters. The number of nitrogens with zero attached hydrogens (tertiary/aromatic N) is 1. The molecule has 2 aliphatic heterocycles. The molecule has 0 spiro atoms. The average molecular weight is 210 g/mol. The Labute approximate surface area is 94.4 Å². The first-order chi connectivity index (χ1) is 7.16. The van der Waals surface area contributed by atoms with E-state index in [-0.39, 0.29) is 0 Å². The Balaban J connectivity index is 1.94. The van der Waals surface area contributed by atoms with E-state index in [1.165, 1.54) is 38.9 Å². The molecule has 2 saturated heterocycles. The zero-order valence-corrected chi connectivity index (χ0v) is 10.5. The van der Waals surface area contributed by atoms with Crippen LogP contribution >= 0.6 is 0 Å². The summed E-state index contributed by atoms with van der Waals surface area (Å²) in [6.07, 6.45) is 4.21. The van der Waals surface area contributed by atoms with E-state index in [1.807, 2.05) is 0 Å². The maximum Gasteiger partial charge on any atom is 0.0226 e. The van der Waals surface area contributed by atoms with Gasteiger partial charge in [0, 0.05) is 25.2 Å². The summed E-state index contributed by atoms with van der Waals surface area (Å²) in [6.45, 7) is 10.9. The number of likely N-dealkylation sites (tertiary alicyclic amines) is 1. The highest BCUT2D eigenvalue weighted by molar-refractivity contribution is 4.87. The molecule has 0 aliphatic carbocycles. The van der Waals surface area contributed by atoms with Crippen LogP contribution in [0.2, 0.25) is 0 Å². The zero-order valence-electron chi connectivity index (χ0n) is 10.5. The van der Waals surface area contributed by atoms with Crippen LogP contribution in [0.15, 0.2) is 0 Å². The molecule has 2 heteroatoms. The fraction of sp³-hybridized carbons (Fsp3) is 1.00.